The van der Waals surface area contributed by atoms with E-state index in [0.29, 0.717) is 17.0 Å². The van der Waals surface area contributed by atoms with Crippen LogP contribution in [0.3, 0.4) is 0 Å². The van der Waals surface area contributed by atoms with Crippen LogP contribution in [0.25, 0.3) is 17.4 Å². The van der Waals surface area contributed by atoms with Gasteiger partial charge in [0, 0.05) is 11.1 Å². The van der Waals surface area contributed by atoms with Gasteiger partial charge in [0.1, 0.15) is 17.1 Å². The number of carbonyl (C=O) groups is 3. The van der Waals surface area contributed by atoms with Crippen molar-refractivity contribution >= 4 is 58.5 Å². The van der Waals surface area contributed by atoms with Crippen molar-refractivity contribution in [3.8, 4) is 11.3 Å². The summed E-state index contributed by atoms with van der Waals surface area (Å²) < 4.78 is 5.71. The summed E-state index contributed by atoms with van der Waals surface area (Å²) >= 11 is 11.1. The minimum atomic E-state index is -1.39. The van der Waals surface area contributed by atoms with Crippen molar-refractivity contribution in [3.05, 3.63) is 82.6 Å². The number of para-hydroxylation sites is 1. The number of nitrogens with one attached hydrogen (secondary N) is 1. The number of thiocarbonyl (C=S) groups is 1. The van der Waals surface area contributed by atoms with E-state index in [4.69, 9.17) is 28.2 Å². The van der Waals surface area contributed by atoms with Crippen molar-refractivity contribution in [2.45, 2.75) is 0 Å². The van der Waals surface area contributed by atoms with Gasteiger partial charge < -0.3 is 14.3 Å². The summed E-state index contributed by atoms with van der Waals surface area (Å²) in [4.78, 5) is 37.6. The fourth-order valence-corrected chi connectivity index (χ4v) is 3.57. The van der Waals surface area contributed by atoms with Crippen molar-refractivity contribution in [3.63, 3.8) is 0 Å². The molecular formula is C22H12ClN2O5S-. The van der Waals surface area contributed by atoms with Gasteiger partial charge in [0.05, 0.1) is 16.7 Å². The van der Waals surface area contributed by atoms with Gasteiger partial charge in [0.2, 0.25) is 0 Å². The zero-order valence-corrected chi connectivity index (χ0v) is 17.2. The van der Waals surface area contributed by atoms with E-state index in [2.05, 4.69) is 5.32 Å². The molecule has 0 aliphatic carbocycles. The number of nitrogens with zero attached hydrogens (tertiary/aromatic N) is 1. The Hall–Kier alpha value is -3.75. The molecule has 9 heteroatoms. The summed E-state index contributed by atoms with van der Waals surface area (Å²) in [5.41, 5.74) is 0.752. The fraction of sp³-hybridized carbons (Fsp3) is 0. The quantitative estimate of drug-likeness (QED) is 0.372. The lowest BCUT2D eigenvalue weighted by atomic mass is 10.1. The van der Waals surface area contributed by atoms with E-state index in [1.807, 2.05) is 0 Å². The first-order chi connectivity index (χ1) is 14.8. The number of hydrogen-bond donors (Lipinski definition) is 1. The number of furan rings is 1. The van der Waals surface area contributed by atoms with Crippen molar-refractivity contribution in [2.75, 3.05) is 4.90 Å². The largest absolute Gasteiger partial charge is 0.545 e. The normalized spacial score (nSPS) is 15.3. The molecule has 1 aromatic heterocycles. The second-order valence-corrected chi connectivity index (χ2v) is 7.27. The van der Waals surface area contributed by atoms with E-state index in [-0.39, 0.29) is 27.0 Å². The van der Waals surface area contributed by atoms with Gasteiger partial charge in [-0.3, -0.25) is 19.8 Å². The predicted molar refractivity (Wildman–Crippen MR) is 116 cm³/mol. The molecule has 0 bridgehead atoms. The summed E-state index contributed by atoms with van der Waals surface area (Å²) in [6, 6.07) is 16.1. The first-order valence-electron chi connectivity index (χ1n) is 8.93. The molecule has 2 aromatic carbocycles. The van der Waals surface area contributed by atoms with Gasteiger partial charge in [-0.25, -0.2) is 0 Å². The van der Waals surface area contributed by atoms with Crippen LogP contribution in [-0.2, 0) is 9.59 Å². The number of benzene rings is 2. The molecule has 0 saturated carbocycles. The lowest BCUT2D eigenvalue weighted by molar-refractivity contribution is -0.255. The van der Waals surface area contributed by atoms with Gasteiger partial charge in [0.15, 0.2) is 5.11 Å². The third kappa shape index (κ3) is 3.98. The zero-order chi connectivity index (χ0) is 22.1. The van der Waals surface area contributed by atoms with Crippen LogP contribution >= 0.6 is 23.8 Å². The molecular weight excluding hydrogens is 440 g/mol. The monoisotopic (exact) mass is 451 g/mol. The molecule has 0 radical (unpaired) electrons. The molecule has 0 spiro atoms. The molecule has 1 fully saturated rings. The molecule has 2 amide bonds. The van der Waals surface area contributed by atoms with E-state index in [1.54, 1.807) is 42.5 Å². The highest BCUT2D eigenvalue weighted by Crippen LogP contribution is 2.28. The van der Waals surface area contributed by atoms with Gasteiger partial charge >= 0.3 is 0 Å². The van der Waals surface area contributed by atoms with Crippen LogP contribution < -0.4 is 15.3 Å². The lowest BCUT2D eigenvalue weighted by Crippen LogP contribution is -2.54. The summed E-state index contributed by atoms with van der Waals surface area (Å²) in [5.74, 6) is -1.99. The fourth-order valence-electron chi connectivity index (χ4n) is 3.03. The smallest absolute Gasteiger partial charge is 0.270 e. The van der Waals surface area contributed by atoms with E-state index in [9.17, 15) is 19.5 Å². The van der Waals surface area contributed by atoms with E-state index in [1.165, 1.54) is 29.2 Å². The Morgan fingerprint density at radius 2 is 1.84 bits per heavy atom. The lowest BCUT2D eigenvalue weighted by Gasteiger charge is -2.28. The average Bonchev–Trinajstić information content (AvgIpc) is 3.20. The molecule has 4 rings (SSSR count). The van der Waals surface area contributed by atoms with Crippen LogP contribution in [0.2, 0.25) is 5.02 Å². The number of carboxylic acid groups (broad SMARTS) is 1. The Morgan fingerprint density at radius 1 is 1.10 bits per heavy atom. The van der Waals surface area contributed by atoms with Gasteiger partial charge in [-0.05, 0) is 48.6 Å². The number of anilines is 1. The van der Waals surface area contributed by atoms with Crippen LogP contribution in [0.15, 0.2) is 70.7 Å². The van der Waals surface area contributed by atoms with Gasteiger partial charge in [-0.15, -0.1) is 0 Å². The van der Waals surface area contributed by atoms with Crippen LogP contribution in [0, 0.1) is 0 Å². The second-order valence-electron chi connectivity index (χ2n) is 6.48. The molecule has 2 heterocycles. The number of rotatable bonds is 4. The summed E-state index contributed by atoms with van der Waals surface area (Å²) in [6.07, 6.45) is 1.32. The Labute approximate surface area is 186 Å². The van der Waals surface area contributed by atoms with Gasteiger partial charge in [0.25, 0.3) is 11.8 Å². The standard InChI is InChI=1S/C22H13ClN2O5S/c23-17-10-12(6-8-15(17)21(28)29)18-9-7-14(30-18)11-16-19(26)24-22(31)25(20(16)27)13-4-2-1-3-5-13/h1-11H,(H,28,29)(H,24,26,31)/p-1/b16-11+. The molecule has 1 N–H and O–H groups in total. The van der Waals surface area contributed by atoms with Crippen LogP contribution in [0.5, 0.6) is 0 Å². The van der Waals surface area contributed by atoms with E-state index in [0.717, 1.165) is 0 Å². The van der Waals surface area contributed by atoms with Crippen molar-refractivity contribution in [1.29, 1.82) is 0 Å². The van der Waals surface area contributed by atoms with Crippen molar-refractivity contribution in [1.82, 2.24) is 5.32 Å². The number of carboxylic acids is 1. The molecule has 3 aromatic rings. The zero-order valence-electron chi connectivity index (χ0n) is 15.6. The highest BCUT2D eigenvalue weighted by atomic mass is 35.5. The Bertz CT molecular complexity index is 1270. The number of hydrogen-bond acceptors (Lipinski definition) is 6. The van der Waals surface area contributed by atoms with Crippen molar-refractivity contribution in [2.24, 2.45) is 0 Å². The maximum absolute atomic E-state index is 13.0. The van der Waals surface area contributed by atoms with E-state index < -0.39 is 17.8 Å². The summed E-state index contributed by atoms with van der Waals surface area (Å²) in [6.45, 7) is 0. The minimum Gasteiger partial charge on any atom is -0.545 e. The minimum absolute atomic E-state index is 0.00246. The Balaban J connectivity index is 1.66. The maximum atomic E-state index is 13.0. The van der Waals surface area contributed by atoms with Gasteiger partial charge in [-0.1, -0.05) is 41.9 Å². The Kier molecular flexibility index (Phi) is 5.41. The molecule has 0 unspecified atom stereocenters. The highest BCUT2D eigenvalue weighted by Gasteiger charge is 2.34. The number of halogens is 1. The number of aromatic carboxylic acids is 1. The second kappa shape index (κ2) is 8.17. The molecule has 7 nitrogen and oxygen atoms in total. The maximum Gasteiger partial charge on any atom is 0.270 e. The SMILES string of the molecule is O=C1NC(=S)N(c2ccccc2)C(=O)/C1=C/c1ccc(-c2ccc(C(=O)[O-])c(Cl)c2)o1. The van der Waals surface area contributed by atoms with Gasteiger partial charge in [-0.2, -0.15) is 0 Å². The molecule has 1 saturated heterocycles. The van der Waals surface area contributed by atoms with Crippen LogP contribution in [0.4, 0.5) is 5.69 Å². The third-order valence-corrected chi connectivity index (χ3v) is 5.10. The van der Waals surface area contributed by atoms with Crippen LogP contribution in [0.1, 0.15) is 16.1 Å². The Morgan fingerprint density at radius 3 is 2.52 bits per heavy atom. The molecule has 1 aliphatic rings. The first-order valence-corrected chi connectivity index (χ1v) is 9.71. The molecule has 31 heavy (non-hydrogen) atoms. The number of amides is 2. The average molecular weight is 452 g/mol. The third-order valence-electron chi connectivity index (χ3n) is 4.50. The highest BCUT2D eigenvalue weighted by molar-refractivity contribution is 7.80. The van der Waals surface area contributed by atoms with Crippen LogP contribution in [-0.4, -0.2) is 22.9 Å². The van der Waals surface area contributed by atoms with E-state index >= 15 is 0 Å². The van der Waals surface area contributed by atoms with Crippen molar-refractivity contribution < 1.29 is 23.9 Å². The summed E-state index contributed by atoms with van der Waals surface area (Å²) in [5, 5.41) is 13.5. The summed E-state index contributed by atoms with van der Waals surface area (Å²) in [7, 11) is 0. The first kappa shape index (κ1) is 20.5. The molecule has 0 atom stereocenters. The number of carbonyl (C=O) groups excluding carboxylic acids is 3. The topological polar surface area (TPSA) is 103 Å². The molecule has 154 valence electrons. The predicted octanol–water partition coefficient (Wildman–Crippen LogP) is 2.79. The molecule has 1 aliphatic heterocycles.